The Balaban J connectivity index is 1.62. The molecule has 29 heavy (non-hydrogen) atoms. The van der Waals surface area contributed by atoms with E-state index in [0.717, 1.165) is 11.4 Å². The molecule has 0 aromatic heterocycles. The van der Waals surface area contributed by atoms with Crippen molar-refractivity contribution in [3.8, 4) is 0 Å². The van der Waals surface area contributed by atoms with Crippen LogP contribution in [-0.2, 0) is 14.3 Å². The van der Waals surface area contributed by atoms with Crippen molar-refractivity contribution >= 4 is 29.3 Å². The summed E-state index contributed by atoms with van der Waals surface area (Å²) in [4.78, 5) is 41.7. The largest absolute Gasteiger partial charge is 0.444 e. The van der Waals surface area contributed by atoms with E-state index in [1.165, 1.54) is 0 Å². The maximum absolute atomic E-state index is 12.2. The van der Waals surface area contributed by atoms with Crippen LogP contribution in [0.3, 0.4) is 0 Å². The molecule has 2 aliphatic rings. The number of anilines is 2. The number of rotatable bonds is 3. The summed E-state index contributed by atoms with van der Waals surface area (Å²) < 4.78 is 5.45. The van der Waals surface area contributed by atoms with Gasteiger partial charge in [0.25, 0.3) is 0 Å². The monoisotopic (exact) mass is 402 g/mol. The zero-order chi connectivity index (χ0) is 21.2. The van der Waals surface area contributed by atoms with Gasteiger partial charge in [-0.1, -0.05) is 6.07 Å². The average molecular weight is 402 g/mol. The van der Waals surface area contributed by atoms with Gasteiger partial charge < -0.3 is 19.4 Å². The minimum absolute atomic E-state index is 0.212. The first-order valence-electron chi connectivity index (χ1n) is 10.0. The normalized spacial score (nSPS) is 20.3. The van der Waals surface area contributed by atoms with Crippen LogP contribution in [0.1, 0.15) is 33.6 Å². The molecule has 3 amide bonds. The molecule has 2 heterocycles. The number of piperazine rings is 1. The zero-order valence-corrected chi connectivity index (χ0v) is 17.6. The number of carbonyl (C=O) groups is 3. The van der Waals surface area contributed by atoms with Gasteiger partial charge in [0.05, 0.1) is 0 Å². The molecule has 0 radical (unpaired) electrons. The van der Waals surface area contributed by atoms with Crippen molar-refractivity contribution in [1.82, 2.24) is 10.2 Å². The summed E-state index contributed by atoms with van der Waals surface area (Å²) in [5, 5.41) is 2.41. The van der Waals surface area contributed by atoms with E-state index in [1.807, 2.05) is 57.0 Å². The number of nitrogens with one attached hydrogen (secondary N) is 1. The van der Waals surface area contributed by atoms with Gasteiger partial charge in [0, 0.05) is 51.0 Å². The Morgan fingerprint density at radius 1 is 1.17 bits per heavy atom. The lowest BCUT2D eigenvalue weighted by molar-refractivity contribution is -0.134. The molecule has 0 saturated carbocycles. The lowest BCUT2D eigenvalue weighted by Crippen LogP contribution is -2.51. The SMILES string of the molecule is CN(c1cccc(N2CCN(C(=O)OC(C)(C)C)CC2)c1)C1CCC(=O)NC1=O. The van der Waals surface area contributed by atoms with E-state index in [9.17, 15) is 14.4 Å². The van der Waals surface area contributed by atoms with Crippen molar-refractivity contribution in [2.24, 2.45) is 0 Å². The predicted molar refractivity (Wildman–Crippen MR) is 111 cm³/mol. The van der Waals surface area contributed by atoms with Crippen LogP contribution >= 0.6 is 0 Å². The quantitative estimate of drug-likeness (QED) is 0.779. The van der Waals surface area contributed by atoms with Crippen LogP contribution in [0.15, 0.2) is 24.3 Å². The standard InChI is InChI=1S/C21H30N4O4/c1-21(2,3)29-20(28)25-12-10-24(11-13-25)16-7-5-6-15(14-16)23(4)17-8-9-18(26)22-19(17)27/h5-7,14,17H,8-13H2,1-4H3,(H,22,26,27). The molecule has 2 fully saturated rings. The Morgan fingerprint density at radius 2 is 1.86 bits per heavy atom. The molecule has 8 nitrogen and oxygen atoms in total. The van der Waals surface area contributed by atoms with Crippen LogP contribution in [0.25, 0.3) is 0 Å². The molecule has 1 atom stereocenters. The van der Waals surface area contributed by atoms with E-state index in [0.29, 0.717) is 39.0 Å². The van der Waals surface area contributed by atoms with Crippen LogP contribution in [0.5, 0.6) is 0 Å². The summed E-state index contributed by atoms with van der Waals surface area (Å²) in [5.41, 5.74) is 1.47. The van der Waals surface area contributed by atoms with Gasteiger partial charge in [0.2, 0.25) is 11.8 Å². The summed E-state index contributed by atoms with van der Waals surface area (Å²) in [6.45, 7) is 8.22. The molecule has 8 heteroatoms. The number of benzene rings is 1. The number of likely N-dealkylation sites (N-methyl/N-ethyl adjacent to an activating group) is 1. The van der Waals surface area contributed by atoms with Gasteiger partial charge in [-0.2, -0.15) is 0 Å². The van der Waals surface area contributed by atoms with E-state index in [2.05, 4.69) is 10.2 Å². The second-order valence-corrected chi connectivity index (χ2v) is 8.55. The highest BCUT2D eigenvalue weighted by Gasteiger charge is 2.30. The summed E-state index contributed by atoms with van der Waals surface area (Å²) >= 11 is 0. The number of hydrogen-bond donors (Lipinski definition) is 1. The highest BCUT2D eigenvalue weighted by Crippen LogP contribution is 2.26. The van der Waals surface area contributed by atoms with Crippen LogP contribution in [0.4, 0.5) is 16.2 Å². The molecule has 0 aliphatic carbocycles. The van der Waals surface area contributed by atoms with Crippen molar-refractivity contribution in [2.45, 2.75) is 45.3 Å². The summed E-state index contributed by atoms with van der Waals surface area (Å²) in [6.07, 6.45) is 0.594. The zero-order valence-electron chi connectivity index (χ0n) is 17.6. The molecular weight excluding hydrogens is 372 g/mol. The van der Waals surface area contributed by atoms with E-state index < -0.39 is 5.60 Å². The Bertz CT molecular complexity index is 781. The van der Waals surface area contributed by atoms with Crippen LogP contribution < -0.4 is 15.1 Å². The van der Waals surface area contributed by atoms with Crippen LogP contribution in [-0.4, -0.2) is 67.7 Å². The number of carbonyl (C=O) groups excluding carboxylic acids is 3. The Morgan fingerprint density at radius 3 is 2.48 bits per heavy atom. The summed E-state index contributed by atoms with van der Waals surface area (Å²) in [5.74, 6) is -0.462. The van der Waals surface area contributed by atoms with Crippen molar-refractivity contribution in [3.05, 3.63) is 24.3 Å². The van der Waals surface area contributed by atoms with Gasteiger partial charge >= 0.3 is 6.09 Å². The van der Waals surface area contributed by atoms with E-state index >= 15 is 0 Å². The second kappa shape index (κ2) is 8.31. The summed E-state index contributed by atoms with van der Waals surface area (Å²) in [7, 11) is 1.87. The first-order valence-corrected chi connectivity index (χ1v) is 10.0. The van der Waals surface area contributed by atoms with Gasteiger partial charge in [-0.25, -0.2) is 4.79 Å². The minimum atomic E-state index is -0.497. The van der Waals surface area contributed by atoms with Gasteiger partial charge in [-0.05, 0) is 45.4 Å². The molecule has 1 N–H and O–H groups in total. The maximum Gasteiger partial charge on any atom is 0.410 e. The molecule has 2 saturated heterocycles. The van der Waals surface area contributed by atoms with Gasteiger partial charge in [-0.3, -0.25) is 14.9 Å². The Hall–Kier alpha value is -2.77. The molecule has 1 aromatic carbocycles. The number of ether oxygens (including phenoxy) is 1. The van der Waals surface area contributed by atoms with E-state index in [4.69, 9.17) is 4.74 Å². The molecule has 0 spiro atoms. The average Bonchev–Trinajstić information content (AvgIpc) is 2.66. The van der Waals surface area contributed by atoms with Crippen LogP contribution in [0, 0.1) is 0 Å². The van der Waals surface area contributed by atoms with Gasteiger partial charge in [0.1, 0.15) is 11.6 Å². The van der Waals surface area contributed by atoms with E-state index in [-0.39, 0.29) is 23.9 Å². The molecule has 3 rings (SSSR count). The summed E-state index contributed by atoms with van der Waals surface area (Å²) in [6, 6.07) is 7.65. The topological polar surface area (TPSA) is 82.2 Å². The third-order valence-electron chi connectivity index (χ3n) is 5.21. The van der Waals surface area contributed by atoms with Crippen molar-refractivity contribution in [2.75, 3.05) is 43.0 Å². The lowest BCUT2D eigenvalue weighted by Gasteiger charge is -2.37. The molecule has 1 unspecified atom stereocenters. The van der Waals surface area contributed by atoms with E-state index in [1.54, 1.807) is 4.90 Å². The third-order valence-corrected chi connectivity index (χ3v) is 5.21. The number of piperidine rings is 1. The van der Waals surface area contributed by atoms with Crippen molar-refractivity contribution in [3.63, 3.8) is 0 Å². The fraction of sp³-hybridized carbons (Fsp3) is 0.571. The van der Waals surface area contributed by atoms with Crippen LogP contribution in [0.2, 0.25) is 0 Å². The maximum atomic E-state index is 12.2. The minimum Gasteiger partial charge on any atom is -0.444 e. The second-order valence-electron chi connectivity index (χ2n) is 8.55. The molecular formula is C21H30N4O4. The number of imide groups is 1. The number of amides is 3. The van der Waals surface area contributed by atoms with Gasteiger partial charge in [-0.15, -0.1) is 0 Å². The first kappa shape index (κ1) is 21.0. The lowest BCUT2D eigenvalue weighted by atomic mass is 10.0. The van der Waals surface area contributed by atoms with Gasteiger partial charge in [0.15, 0.2) is 0 Å². The Kier molecular flexibility index (Phi) is 6.00. The molecule has 1 aromatic rings. The smallest absolute Gasteiger partial charge is 0.410 e. The van der Waals surface area contributed by atoms with Crippen molar-refractivity contribution < 1.29 is 19.1 Å². The highest BCUT2D eigenvalue weighted by molar-refractivity contribution is 6.01. The Labute approximate surface area is 171 Å². The fourth-order valence-corrected chi connectivity index (χ4v) is 3.61. The third kappa shape index (κ3) is 5.19. The molecule has 0 bridgehead atoms. The van der Waals surface area contributed by atoms with Crippen molar-refractivity contribution in [1.29, 1.82) is 0 Å². The number of nitrogens with zero attached hydrogens (tertiary/aromatic N) is 3. The number of hydrogen-bond acceptors (Lipinski definition) is 6. The molecule has 158 valence electrons. The first-order chi connectivity index (χ1) is 13.6. The fourth-order valence-electron chi connectivity index (χ4n) is 3.61. The highest BCUT2D eigenvalue weighted by atomic mass is 16.6. The molecule has 2 aliphatic heterocycles. The predicted octanol–water partition coefficient (Wildman–Crippen LogP) is 1.99.